The summed E-state index contributed by atoms with van der Waals surface area (Å²) in [5.74, 6) is 2.99. The lowest BCUT2D eigenvalue weighted by Gasteiger charge is -2.26. The van der Waals surface area contributed by atoms with E-state index in [0.29, 0.717) is 25.0 Å². The maximum Gasteiger partial charge on any atom is 0.190 e. The average molecular weight is 403 g/mol. The molecular weight excluding hydrogens is 372 g/mol. The Morgan fingerprint density at radius 1 is 1.39 bits per heavy atom. The molecule has 1 aromatic carbocycles. The van der Waals surface area contributed by atoms with Crippen molar-refractivity contribution in [3.63, 3.8) is 0 Å². The standard InChI is InChI=1S/C20H30N6OS/c1-14(2)13-26-18(24-25-20(26)28-3)9-6-11-22-19(21)23-16-10-12-27-17-8-5-4-7-15(16)17/h4-5,7-8,14,16H,6,9-13H2,1-3H3,(H3,21,22,23). The van der Waals surface area contributed by atoms with Crippen molar-refractivity contribution >= 4 is 17.7 Å². The molecule has 8 heteroatoms. The Morgan fingerprint density at radius 3 is 3.00 bits per heavy atom. The second-order valence-corrected chi connectivity index (χ2v) is 8.12. The minimum Gasteiger partial charge on any atom is -0.493 e. The maximum atomic E-state index is 6.12. The number of nitrogens with two attached hydrogens (primary N) is 1. The highest BCUT2D eigenvalue weighted by molar-refractivity contribution is 7.98. The largest absolute Gasteiger partial charge is 0.493 e. The lowest BCUT2D eigenvalue weighted by atomic mass is 10.0. The molecule has 1 aromatic heterocycles. The number of hydrogen-bond donors (Lipinski definition) is 2. The Kier molecular flexibility index (Phi) is 7.19. The first-order valence-corrected chi connectivity index (χ1v) is 11.0. The van der Waals surface area contributed by atoms with Crippen LogP contribution in [0.15, 0.2) is 34.4 Å². The summed E-state index contributed by atoms with van der Waals surface area (Å²) in [6.07, 6.45) is 4.65. The summed E-state index contributed by atoms with van der Waals surface area (Å²) in [5.41, 5.74) is 7.26. The molecule has 0 spiro atoms. The van der Waals surface area contributed by atoms with Gasteiger partial charge in [-0.2, -0.15) is 0 Å². The Labute approximate surface area is 171 Å². The number of rotatable bonds is 8. The maximum absolute atomic E-state index is 6.12. The number of ether oxygens (including phenoxy) is 1. The van der Waals surface area contributed by atoms with E-state index in [9.17, 15) is 0 Å². The van der Waals surface area contributed by atoms with Gasteiger partial charge in [0.05, 0.1) is 12.6 Å². The minimum atomic E-state index is 0.145. The molecule has 3 rings (SSSR count). The second-order valence-electron chi connectivity index (χ2n) is 7.35. The van der Waals surface area contributed by atoms with E-state index in [1.807, 2.05) is 24.5 Å². The summed E-state index contributed by atoms with van der Waals surface area (Å²) in [7, 11) is 0. The van der Waals surface area contributed by atoms with Gasteiger partial charge in [-0.05, 0) is 24.7 Å². The fourth-order valence-corrected chi connectivity index (χ4v) is 3.88. The van der Waals surface area contributed by atoms with Gasteiger partial charge in [0, 0.05) is 31.5 Å². The van der Waals surface area contributed by atoms with Gasteiger partial charge in [-0.1, -0.05) is 43.8 Å². The van der Waals surface area contributed by atoms with Gasteiger partial charge in [-0.25, -0.2) is 0 Å². The zero-order chi connectivity index (χ0) is 19.9. The van der Waals surface area contributed by atoms with Crippen LogP contribution in [-0.4, -0.2) is 40.1 Å². The van der Waals surface area contributed by atoms with Crippen LogP contribution in [0.3, 0.4) is 0 Å². The smallest absolute Gasteiger partial charge is 0.190 e. The monoisotopic (exact) mass is 402 g/mol. The lowest BCUT2D eigenvalue weighted by Crippen LogP contribution is -2.37. The van der Waals surface area contributed by atoms with Gasteiger partial charge in [-0.15, -0.1) is 10.2 Å². The summed E-state index contributed by atoms with van der Waals surface area (Å²) in [4.78, 5) is 4.50. The van der Waals surface area contributed by atoms with Gasteiger partial charge in [0.15, 0.2) is 11.1 Å². The molecule has 1 aliphatic rings. The molecule has 28 heavy (non-hydrogen) atoms. The normalized spacial score (nSPS) is 16.7. The highest BCUT2D eigenvalue weighted by atomic mass is 32.2. The Balaban J connectivity index is 1.52. The van der Waals surface area contributed by atoms with E-state index in [0.717, 1.165) is 48.1 Å². The Hall–Kier alpha value is -2.22. The number of aliphatic imine (C=N–C) groups is 1. The fourth-order valence-electron chi connectivity index (χ4n) is 3.36. The van der Waals surface area contributed by atoms with E-state index in [-0.39, 0.29) is 6.04 Å². The van der Waals surface area contributed by atoms with Crippen LogP contribution in [-0.2, 0) is 13.0 Å². The molecule has 2 heterocycles. The van der Waals surface area contributed by atoms with Crippen molar-refractivity contribution in [3.05, 3.63) is 35.7 Å². The van der Waals surface area contributed by atoms with E-state index >= 15 is 0 Å². The third-order valence-corrected chi connectivity index (χ3v) is 5.31. The Bertz CT molecular complexity index is 804. The highest BCUT2D eigenvalue weighted by Crippen LogP contribution is 2.31. The number of thioether (sulfide) groups is 1. The van der Waals surface area contributed by atoms with Crippen LogP contribution in [0.5, 0.6) is 5.75 Å². The van der Waals surface area contributed by atoms with Gasteiger partial charge in [-0.3, -0.25) is 4.99 Å². The Morgan fingerprint density at radius 2 is 2.21 bits per heavy atom. The molecule has 0 bridgehead atoms. The molecule has 7 nitrogen and oxygen atoms in total. The molecule has 1 aliphatic heterocycles. The van der Waals surface area contributed by atoms with Crippen LogP contribution >= 0.6 is 11.8 Å². The summed E-state index contributed by atoms with van der Waals surface area (Å²) < 4.78 is 7.92. The van der Waals surface area contributed by atoms with Crippen LogP contribution in [0.4, 0.5) is 0 Å². The van der Waals surface area contributed by atoms with E-state index in [4.69, 9.17) is 10.5 Å². The third kappa shape index (κ3) is 5.19. The van der Waals surface area contributed by atoms with Gasteiger partial charge < -0.3 is 20.4 Å². The molecule has 0 amide bonds. The molecule has 2 aromatic rings. The molecule has 152 valence electrons. The van der Waals surface area contributed by atoms with E-state index in [2.05, 4.69) is 45.0 Å². The van der Waals surface area contributed by atoms with E-state index in [1.54, 1.807) is 11.8 Å². The van der Waals surface area contributed by atoms with Crippen molar-refractivity contribution in [1.29, 1.82) is 0 Å². The van der Waals surface area contributed by atoms with Crippen molar-refractivity contribution in [2.75, 3.05) is 19.4 Å². The SMILES string of the molecule is CSc1nnc(CCCN=C(N)NC2CCOc3ccccc32)n1CC(C)C. The number of benzene rings is 1. The number of para-hydroxylation sites is 1. The molecular formula is C20H30N6OS. The van der Waals surface area contributed by atoms with Gasteiger partial charge >= 0.3 is 0 Å². The lowest BCUT2D eigenvalue weighted by molar-refractivity contribution is 0.262. The highest BCUT2D eigenvalue weighted by Gasteiger charge is 2.21. The summed E-state index contributed by atoms with van der Waals surface area (Å²) >= 11 is 1.64. The van der Waals surface area contributed by atoms with Crippen molar-refractivity contribution in [2.24, 2.45) is 16.6 Å². The van der Waals surface area contributed by atoms with Crippen LogP contribution in [0.25, 0.3) is 0 Å². The van der Waals surface area contributed by atoms with Crippen molar-refractivity contribution in [3.8, 4) is 5.75 Å². The number of nitrogens with zero attached hydrogens (tertiary/aromatic N) is 4. The number of hydrogen-bond acceptors (Lipinski definition) is 5. The average Bonchev–Trinajstić information content (AvgIpc) is 3.06. The first-order chi connectivity index (χ1) is 13.6. The number of fused-ring (bicyclic) bond motifs is 1. The van der Waals surface area contributed by atoms with Gasteiger partial charge in [0.25, 0.3) is 0 Å². The zero-order valence-corrected chi connectivity index (χ0v) is 17.7. The number of aryl methyl sites for hydroxylation is 1. The molecule has 3 N–H and O–H groups in total. The molecule has 0 radical (unpaired) electrons. The molecule has 0 saturated carbocycles. The molecule has 0 saturated heterocycles. The number of aromatic nitrogens is 3. The molecule has 1 atom stereocenters. The first kappa shape index (κ1) is 20.5. The predicted octanol–water partition coefficient (Wildman–Crippen LogP) is 3.02. The van der Waals surface area contributed by atoms with E-state index in [1.165, 1.54) is 0 Å². The van der Waals surface area contributed by atoms with Crippen LogP contribution in [0, 0.1) is 5.92 Å². The molecule has 0 fully saturated rings. The van der Waals surface area contributed by atoms with Crippen LogP contribution in [0.2, 0.25) is 0 Å². The predicted molar refractivity (Wildman–Crippen MR) is 114 cm³/mol. The van der Waals surface area contributed by atoms with Crippen molar-refractivity contribution in [1.82, 2.24) is 20.1 Å². The fraction of sp³-hybridized carbons (Fsp3) is 0.550. The second kappa shape index (κ2) is 9.82. The molecule has 1 unspecified atom stereocenters. The van der Waals surface area contributed by atoms with Gasteiger partial charge in [0.1, 0.15) is 11.6 Å². The molecule has 0 aliphatic carbocycles. The quantitative estimate of drug-likeness (QED) is 0.305. The van der Waals surface area contributed by atoms with Crippen LogP contribution < -0.4 is 15.8 Å². The van der Waals surface area contributed by atoms with Gasteiger partial charge in [0.2, 0.25) is 0 Å². The minimum absolute atomic E-state index is 0.145. The van der Waals surface area contributed by atoms with Crippen molar-refractivity contribution < 1.29 is 4.74 Å². The zero-order valence-electron chi connectivity index (χ0n) is 16.9. The summed E-state index contributed by atoms with van der Waals surface area (Å²) in [5, 5.41) is 13.0. The third-order valence-electron chi connectivity index (χ3n) is 4.65. The van der Waals surface area contributed by atoms with Crippen molar-refractivity contribution in [2.45, 2.75) is 50.9 Å². The first-order valence-electron chi connectivity index (χ1n) is 9.82. The van der Waals surface area contributed by atoms with Crippen LogP contribution in [0.1, 0.15) is 44.1 Å². The van der Waals surface area contributed by atoms with E-state index < -0.39 is 0 Å². The summed E-state index contributed by atoms with van der Waals surface area (Å²) in [6.45, 7) is 6.70. The topological polar surface area (TPSA) is 90.3 Å². The number of nitrogens with one attached hydrogen (secondary N) is 1. The number of guanidine groups is 1. The summed E-state index contributed by atoms with van der Waals surface area (Å²) in [6, 6.07) is 8.22.